The fraction of sp³-hybridized carbons (Fsp3) is 0. The van der Waals surface area contributed by atoms with Gasteiger partial charge < -0.3 is 17.3 Å². The number of nitrogens with zero attached hydrogens (tertiary/aromatic N) is 3. The second kappa shape index (κ2) is 3.12. The van der Waals surface area contributed by atoms with Crippen LogP contribution in [0.3, 0.4) is 0 Å². The Morgan fingerprint density at radius 3 is 2.47 bits per heavy atom. The molecule has 1 aromatic carbocycles. The molecule has 0 saturated carbocycles. The fourth-order valence-electron chi connectivity index (χ4n) is 1.22. The van der Waals surface area contributed by atoms with Crippen LogP contribution in [-0.2, 0) is 0 Å². The Morgan fingerprint density at radius 1 is 1.20 bits per heavy atom. The molecule has 0 fully saturated rings. The number of rotatable bonds is 1. The van der Waals surface area contributed by atoms with Crippen molar-refractivity contribution in [2.75, 3.05) is 17.3 Å². The summed E-state index contributed by atoms with van der Waals surface area (Å²) in [6, 6.07) is 3.91. The lowest BCUT2D eigenvalue weighted by Gasteiger charge is -2.04. The monoisotopic (exact) mass is 208 g/mol. The van der Waals surface area contributed by atoms with Gasteiger partial charge in [-0.25, -0.2) is 9.07 Å². The summed E-state index contributed by atoms with van der Waals surface area (Å²) < 4.78 is 13.9. The van der Waals surface area contributed by atoms with Crippen molar-refractivity contribution >= 4 is 11.6 Å². The maximum atomic E-state index is 12.8. The van der Waals surface area contributed by atoms with Crippen LogP contribution in [0.1, 0.15) is 0 Å². The highest BCUT2D eigenvalue weighted by Crippen LogP contribution is 2.24. The normalized spacial score (nSPS) is 10.5. The summed E-state index contributed by atoms with van der Waals surface area (Å²) in [5, 5.41) is 7.31. The fourth-order valence-corrected chi connectivity index (χ4v) is 1.22. The molecule has 1 heterocycles. The van der Waals surface area contributed by atoms with E-state index >= 15 is 0 Å². The molecule has 0 saturated heterocycles. The van der Waals surface area contributed by atoms with Gasteiger partial charge >= 0.3 is 0 Å². The van der Waals surface area contributed by atoms with Crippen molar-refractivity contribution in [2.24, 2.45) is 0 Å². The largest absolute Gasteiger partial charge is 0.398 e. The van der Waals surface area contributed by atoms with Crippen LogP contribution in [0.25, 0.3) is 11.4 Å². The van der Waals surface area contributed by atoms with Crippen molar-refractivity contribution in [1.29, 1.82) is 0 Å². The van der Waals surface area contributed by atoms with Crippen LogP contribution in [0.2, 0.25) is 0 Å². The van der Waals surface area contributed by atoms with Gasteiger partial charge in [-0.3, -0.25) is 0 Å². The molecule has 78 valence electrons. The Hall–Kier alpha value is -2.31. The average Bonchev–Trinajstić information content (AvgIpc) is 2.49. The van der Waals surface area contributed by atoms with Gasteiger partial charge in [-0.1, -0.05) is 0 Å². The molecule has 2 aromatic rings. The van der Waals surface area contributed by atoms with E-state index in [1.165, 1.54) is 18.2 Å². The third-order valence-electron chi connectivity index (χ3n) is 1.98. The summed E-state index contributed by atoms with van der Waals surface area (Å²) in [5.41, 5.74) is 11.7. The molecule has 0 aliphatic rings. The van der Waals surface area contributed by atoms with Crippen LogP contribution < -0.4 is 17.3 Å². The Morgan fingerprint density at radius 2 is 1.93 bits per heavy atom. The van der Waals surface area contributed by atoms with Gasteiger partial charge in [-0.15, -0.1) is 10.2 Å². The molecule has 0 atom stereocenters. The van der Waals surface area contributed by atoms with E-state index in [4.69, 9.17) is 17.3 Å². The van der Waals surface area contributed by atoms with Crippen LogP contribution in [0.4, 0.5) is 16.0 Å². The standard InChI is InChI=1S/C8H9FN6/c9-4-1-2-5(6(10)3-4)7-13-14-8(11)15(7)12/h1-3H,10,12H2,(H2,11,14). The first-order valence-electron chi connectivity index (χ1n) is 4.11. The van der Waals surface area contributed by atoms with E-state index in [1.807, 2.05) is 0 Å². The Balaban J connectivity index is 2.59. The van der Waals surface area contributed by atoms with Crippen molar-refractivity contribution in [2.45, 2.75) is 0 Å². The molecular formula is C8H9FN6. The topological polar surface area (TPSA) is 109 Å². The minimum absolute atomic E-state index is 0.0636. The maximum absolute atomic E-state index is 12.8. The zero-order valence-corrected chi connectivity index (χ0v) is 7.68. The van der Waals surface area contributed by atoms with E-state index in [9.17, 15) is 4.39 Å². The molecule has 15 heavy (non-hydrogen) atoms. The quantitative estimate of drug-likeness (QED) is 0.450. The Bertz CT molecular complexity index is 506. The van der Waals surface area contributed by atoms with E-state index in [0.717, 1.165) is 4.68 Å². The van der Waals surface area contributed by atoms with Crippen LogP contribution in [0, 0.1) is 5.82 Å². The second-order valence-electron chi connectivity index (χ2n) is 2.98. The van der Waals surface area contributed by atoms with E-state index in [-0.39, 0.29) is 11.6 Å². The van der Waals surface area contributed by atoms with Gasteiger partial charge in [0.05, 0.1) is 0 Å². The minimum Gasteiger partial charge on any atom is -0.398 e. The Kier molecular flexibility index (Phi) is 1.93. The second-order valence-corrected chi connectivity index (χ2v) is 2.98. The maximum Gasteiger partial charge on any atom is 0.241 e. The lowest BCUT2D eigenvalue weighted by atomic mass is 10.1. The molecule has 0 amide bonds. The molecule has 0 bridgehead atoms. The molecule has 0 spiro atoms. The number of nitrogen functional groups attached to an aromatic ring is 3. The lowest BCUT2D eigenvalue weighted by Crippen LogP contribution is -2.13. The van der Waals surface area contributed by atoms with Crippen molar-refractivity contribution in [1.82, 2.24) is 14.9 Å². The van der Waals surface area contributed by atoms with E-state index in [2.05, 4.69) is 10.2 Å². The number of hydrogen-bond acceptors (Lipinski definition) is 5. The van der Waals surface area contributed by atoms with Gasteiger partial charge in [-0.2, -0.15) is 0 Å². The first kappa shape index (κ1) is 9.25. The SMILES string of the molecule is Nc1cc(F)ccc1-c1nnc(N)n1N. The zero-order valence-electron chi connectivity index (χ0n) is 7.68. The van der Waals surface area contributed by atoms with Crippen LogP contribution >= 0.6 is 0 Å². The van der Waals surface area contributed by atoms with Gasteiger partial charge in [0.25, 0.3) is 0 Å². The number of nitrogens with two attached hydrogens (primary N) is 3. The zero-order chi connectivity index (χ0) is 11.0. The molecule has 0 unspecified atom stereocenters. The van der Waals surface area contributed by atoms with Crippen molar-refractivity contribution < 1.29 is 4.39 Å². The third-order valence-corrected chi connectivity index (χ3v) is 1.98. The van der Waals surface area contributed by atoms with Gasteiger partial charge in [0.15, 0.2) is 5.82 Å². The summed E-state index contributed by atoms with van der Waals surface area (Å²) in [7, 11) is 0. The number of anilines is 2. The highest BCUT2D eigenvalue weighted by Gasteiger charge is 2.12. The molecular weight excluding hydrogens is 199 g/mol. The predicted octanol–water partition coefficient (Wildman–Crippen LogP) is -0.0376. The van der Waals surface area contributed by atoms with Gasteiger partial charge in [-0.05, 0) is 18.2 Å². The lowest BCUT2D eigenvalue weighted by molar-refractivity contribution is 0.628. The summed E-state index contributed by atoms with van der Waals surface area (Å²) in [6.07, 6.45) is 0. The molecule has 6 N–H and O–H groups in total. The van der Waals surface area contributed by atoms with Gasteiger partial charge in [0, 0.05) is 11.3 Å². The molecule has 0 aliphatic carbocycles. The summed E-state index contributed by atoms with van der Waals surface area (Å²) >= 11 is 0. The average molecular weight is 208 g/mol. The number of benzene rings is 1. The van der Waals surface area contributed by atoms with Crippen LogP contribution in [-0.4, -0.2) is 14.9 Å². The number of hydrogen-bond donors (Lipinski definition) is 3. The summed E-state index contributed by atoms with van der Waals surface area (Å²) in [6.45, 7) is 0. The molecule has 2 rings (SSSR count). The van der Waals surface area contributed by atoms with Gasteiger partial charge in [0.1, 0.15) is 5.82 Å². The van der Waals surface area contributed by atoms with Crippen molar-refractivity contribution in [3.8, 4) is 11.4 Å². The molecule has 7 heteroatoms. The third kappa shape index (κ3) is 1.43. The number of aromatic nitrogens is 3. The molecule has 1 aromatic heterocycles. The van der Waals surface area contributed by atoms with Crippen LogP contribution in [0.15, 0.2) is 18.2 Å². The molecule has 6 nitrogen and oxygen atoms in total. The first-order chi connectivity index (χ1) is 7.09. The van der Waals surface area contributed by atoms with Gasteiger partial charge in [0.2, 0.25) is 5.95 Å². The Labute approximate surface area is 84.5 Å². The number of halogens is 1. The minimum atomic E-state index is -0.424. The predicted molar refractivity (Wildman–Crippen MR) is 54.4 cm³/mol. The van der Waals surface area contributed by atoms with Crippen molar-refractivity contribution in [3.05, 3.63) is 24.0 Å². The highest BCUT2D eigenvalue weighted by molar-refractivity contribution is 5.72. The smallest absolute Gasteiger partial charge is 0.241 e. The van der Waals surface area contributed by atoms with Crippen LogP contribution in [0.5, 0.6) is 0 Å². The molecule has 0 radical (unpaired) electrons. The highest BCUT2D eigenvalue weighted by atomic mass is 19.1. The summed E-state index contributed by atoms with van der Waals surface area (Å²) in [4.78, 5) is 0. The van der Waals surface area contributed by atoms with E-state index in [1.54, 1.807) is 0 Å². The van der Waals surface area contributed by atoms with Crippen molar-refractivity contribution in [3.63, 3.8) is 0 Å². The van der Waals surface area contributed by atoms with E-state index in [0.29, 0.717) is 11.4 Å². The first-order valence-corrected chi connectivity index (χ1v) is 4.11. The summed E-state index contributed by atoms with van der Waals surface area (Å²) in [5.74, 6) is 5.50. The molecule has 0 aliphatic heterocycles. The van der Waals surface area contributed by atoms with E-state index < -0.39 is 5.82 Å².